The molecule has 8 heavy (non-hydrogen) atoms. The SMILES string of the molecule is C#CCC(N)C(=O)O. The van der Waals surface area contributed by atoms with E-state index < -0.39 is 12.0 Å². The number of rotatable bonds is 2. The van der Waals surface area contributed by atoms with Crippen LogP contribution >= 0.6 is 0 Å². The van der Waals surface area contributed by atoms with Crippen molar-refractivity contribution in [3.63, 3.8) is 0 Å². The number of hydrogen-bond donors (Lipinski definition) is 2. The standard InChI is InChI=1S/C5H7NO2/c1-2-3-4(6)5(7)8/h1,4H,3,6H2,(H,7,8). The van der Waals surface area contributed by atoms with E-state index in [-0.39, 0.29) is 6.42 Å². The first kappa shape index (κ1) is 6.99. The predicted octanol–water partition coefficient (Wildman–Crippen LogP) is -0.578. The van der Waals surface area contributed by atoms with Crippen molar-refractivity contribution in [2.75, 3.05) is 0 Å². The Hall–Kier alpha value is -1.01. The highest BCUT2D eigenvalue weighted by molar-refractivity contribution is 5.73. The van der Waals surface area contributed by atoms with Crippen LogP contribution in [0.15, 0.2) is 0 Å². The third-order valence-electron chi connectivity index (χ3n) is 0.655. The Balaban J connectivity index is 3.52. The number of nitrogens with two attached hydrogens (primary N) is 1. The molecule has 0 aromatic rings. The molecule has 1 unspecified atom stereocenters. The summed E-state index contributed by atoms with van der Waals surface area (Å²) in [6.07, 6.45) is 4.87. The molecule has 0 aromatic heterocycles. The Labute approximate surface area is 47.5 Å². The van der Waals surface area contributed by atoms with E-state index in [1.807, 2.05) is 0 Å². The van der Waals surface area contributed by atoms with Crippen LogP contribution in [0.3, 0.4) is 0 Å². The van der Waals surface area contributed by atoms with Crippen molar-refractivity contribution in [3.05, 3.63) is 0 Å². The summed E-state index contributed by atoms with van der Waals surface area (Å²) in [5.41, 5.74) is 4.98. The van der Waals surface area contributed by atoms with Gasteiger partial charge in [-0.15, -0.1) is 12.3 Å². The summed E-state index contributed by atoms with van der Waals surface area (Å²) >= 11 is 0. The van der Waals surface area contributed by atoms with Crippen molar-refractivity contribution in [2.24, 2.45) is 5.73 Å². The molecular formula is C5H7NO2. The summed E-state index contributed by atoms with van der Waals surface area (Å²) < 4.78 is 0. The van der Waals surface area contributed by atoms with Gasteiger partial charge in [-0.1, -0.05) is 0 Å². The highest BCUT2D eigenvalue weighted by Crippen LogP contribution is 1.82. The smallest absolute Gasteiger partial charge is 0.321 e. The maximum Gasteiger partial charge on any atom is 0.321 e. The van der Waals surface area contributed by atoms with Gasteiger partial charge in [0.25, 0.3) is 0 Å². The van der Waals surface area contributed by atoms with Crippen LogP contribution in [0, 0.1) is 12.3 Å². The van der Waals surface area contributed by atoms with Crippen LogP contribution in [-0.2, 0) is 4.79 Å². The van der Waals surface area contributed by atoms with Gasteiger partial charge >= 0.3 is 5.97 Å². The van der Waals surface area contributed by atoms with E-state index in [0.29, 0.717) is 0 Å². The zero-order valence-corrected chi connectivity index (χ0v) is 4.29. The molecule has 0 radical (unpaired) electrons. The van der Waals surface area contributed by atoms with Crippen molar-refractivity contribution in [2.45, 2.75) is 12.5 Å². The average molecular weight is 113 g/mol. The summed E-state index contributed by atoms with van der Waals surface area (Å²) in [5.74, 6) is 1.09. The van der Waals surface area contributed by atoms with Crippen LogP contribution < -0.4 is 5.73 Å². The Morgan fingerprint density at radius 2 is 2.50 bits per heavy atom. The van der Waals surface area contributed by atoms with Gasteiger partial charge in [0, 0.05) is 6.42 Å². The van der Waals surface area contributed by atoms with Gasteiger partial charge in [-0.2, -0.15) is 0 Å². The zero-order valence-electron chi connectivity index (χ0n) is 4.29. The molecule has 0 saturated heterocycles. The van der Waals surface area contributed by atoms with Gasteiger partial charge in [0.05, 0.1) is 0 Å². The lowest BCUT2D eigenvalue weighted by atomic mass is 10.2. The first-order valence-corrected chi connectivity index (χ1v) is 2.10. The summed E-state index contributed by atoms with van der Waals surface area (Å²) in [7, 11) is 0. The fourth-order valence-corrected chi connectivity index (χ4v) is 0.214. The predicted molar refractivity (Wildman–Crippen MR) is 29.1 cm³/mol. The normalized spacial score (nSPS) is 12.0. The van der Waals surface area contributed by atoms with E-state index in [2.05, 4.69) is 5.92 Å². The third-order valence-corrected chi connectivity index (χ3v) is 0.655. The Morgan fingerprint density at radius 3 is 2.62 bits per heavy atom. The number of aliphatic carboxylic acids is 1. The van der Waals surface area contributed by atoms with Crippen molar-refractivity contribution in [1.29, 1.82) is 0 Å². The Morgan fingerprint density at radius 1 is 2.00 bits per heavy atom. The van der Waals surface area contributed by atoms with Crippen molar-refractivity contribution < 1.29 is 9.90 Å². The minimum atomic E-state index is -1.05. The fourth-order valence-electron chi connectivity index (χ4n) is 0.214. The highest BCUT2D eigenvalue weighted by atomic mass is 16.4. The maximum absolute atomic E-state index is 9.87. The second kappa shape index (κ2) is 3.05. The Bertz CT molecular complexity index is 125. The van der Waals surface area contributed by atoms with Crippen LogP contribution in [0.1, 0.15) is 6.42 Å². The van der Waals surface area contributed by atoms with E-state index in [0.717, 1.165) is 0 Å². The molecule has 0 heterocycles. The lowest BCUT2D eigenvalue weighted by Crippen LogP contribution is -2.29. The van der Waals surface area contributed by atoms with Gasteiger partial charge in [-0.05, 0) is 0 Å². The molecule has 0 rings (SSSR count). The molecule has 0 fully saturated rings. The lowest BCUT2D eigenvalue weighted by molar-refractivity contribution is -0.138. The summed E-state index contributed by atoms with van der Waals surface area (Å²) in [6, 6.07) is -0.903. The third kappa shape index (κ3) is 2.21. The molecule has 0 spiro atoms. The largest absolute Gasteiger partial charge is 0.480 e. The van der Waals surface area contributed by atoms with E-state index in [1.165, 1.54) is 0 Å². The number of terminal acetylenes is 1. The number of carboxylic acids is 1. The average Bonchev–Trinajstić information content (AvgIpc) is 1.67. The molecule has 1 atom stereocenters. The number of carboxylic acid groups (broad SMARTS) is 1. The molecule has 3 heteroatoms. The van der Waals surface area contributed by atoms with Gasteiger partial charge in [0.1, 0.15) is 6.04 Å². The topological polar surface area (TPSA) is 63.3 Å². The summed E-state index contributed by atoms with van der Waals surface area (Å²) in [5, 5.41) is 8.09. The molecule has 0 bridgehead atoms. The maximum atomic E-state index is 9.87. The molecule has 3 N–H and O–H groups in total. The van der Waals surface area contributed by atoms with Crippen molar-refractivity contribution >= 4 is 5.97 Å². The summed E-state index contributed by atoms with van der Waals surface area (Å²) in [4.78, 5) is 9.87. The molecular weight excluding hydrogens is 106 g/mol. The van der Waals surface area contributed by atoms with E-state index in [4.69, 9.17) is 17.3 Å². The van der Waals surface area contributed by atoms with Gasteiger partial charge in [-0.3, -0.25) is 4.79 Å². The minimum absolute atomic E-state index is 0.0926. The lowest BCUT2D eigenvalue weighted by Gasteiger charge is -1.96. The minimum Gasteiger partial charge on any atom is -0.480 e. The van der Waals surface area contributed by atoms with E-state index in [1.54, 1.807) is 0 Å². The molecule has 0 saturated carbocycles. The van der Waals surface area contributed by atoms with Gasteiger partial charge in [-0.25, -0.2) is 0 Å². The van der Waals surface area contributed by atoms with Crippen LogP contribution in [0.5, 0.6) is 0 Å². The molecule has 0 aliphatic rings. The van der Waals surface area contributed by atoms with Crippen LogP contribution in [0.4, 0.5) is 0 Å². The Kier molecular flexibility index (Phi) is 2.67. The number of carbonyl (C=O) groups is 1. The molecule has 0 amide bonds. The zero-order chi connectivity index (χ0) is 6.57. The second-order valence-electron chi connectivity index (χ2n) is 1.35. The molecule has 0 aliphatic heterocycles. The number of hydrogen-bond acceptors (Lipinski definition) is 2. The van der Waals surface area contributed by atoms with Crippen molar-refractivity contribution in [3.8, 4) is 12.3 Å². The first-order chi connectivity index (χ1) is 3.68. The van der Waals surface area contributed by atoms with Gasteiger partial charge < -0.3 is 10.8 Å². The fraction of sp³-hybridized carbons (Fsp3) is 0.400. The van der Waals surface area contributed by atoms with E-state index >= 15 is 0 Å². The second-order valence-corrected chi connectivity index (χ2v) is 1.35. The monoisotopic (exact) mass is 113 g/mol. The molecule has 0 aromatic carbocycles. The van der Waals surface area contributed by atoms with Crippen LogP contribution in [-0.4, -0.2) is 17.1 Å². The van der Waals surface area contributed by atoms with Gasteiger partial charge in [0.15, 0.2) is 0 Å². The molecule has 44 valence electrons. The van der Waals surface area contributed by atoms with E-state index in [9.17, 15) is 4.79 Å². The van der Waals surface area contributed by atoms with Crippen molar-refractivity contribution in [1.82, 2.24) is 0 Å². The van der Waals surface area contributed by atoms with Crippen LogP contribution in [0.25, 0.3) is 0 Å². The first-order valence-electron chi connectivity index (χ1n) is 2.10. The highest BCUT2D eigenvalue weighted by Gasteiger charge is 2.07. The molecule has 3 nitrogen and oxygen atoms in total. The van der Waals surface area contributed by atoms with Gasteiger partial charge in [0.2, 0.25) is 0 Å². The summed E-state index contributed by atoms with van der Waals surface area (Å²) in [6.45, 7) is 0. The molecule has 0 aliphatic carbocycles. The van der Waals surface area contributed by atoms with Crippen LogP contribution in [0.2, 0.25) is 0 Å². The quantitative estimate of drug-likeness (QED) is 0.471.